The van der Waals surface area contributed by atoms with E-state index in [1.54, 1.807) is 20.8 Å². The zero-order chi connectivity index (χ0) is 19.3. The van der Waals surface area contributed by atoms with Crippen LogP contribution in [0.4, 0.5) is 18.0 Å². The van der Waals surface area contributed by atoms with Crippen molar-refractivity contribution in [3.63, 3.8) is 0 Å². The summed E-state index contributed by atoms with van der Waals surface area (Å²) in [6, 6.07) is 3.35. The summed E-state index contributed by atoms with van der Waals surface area (Å²) in [5, 5.41) is 12.0. The number of hydrogen-bond donors (Lipinski definition) is 3. The van der Waals surface area contributed by atoms with Crippen LogP contribution in [0.15, 0.2) is 18.2 Å². The summed E-state index contributed by atoms with van der Waals surface area (Å²) in [6.07, 6.45) is -5.24. The Balaban J connectivity index is 2.92. The number of hydrogen-bond acceptors (Lipinski definition) is 4. The number of carbonyl (C=O) groups is 1. The number of alkyl carbamates (subject to hydrolysis) is 1. The average molecular weight is 362 g/mol. The fourth-order valence-corrected chi connectivity index (χ4v) is 2.13. The van der Waals surface area contributed by atoms with Crippen molar-refractivity contribution >= 4 is 6.09 Å². The molecule has 0 fully saturated rings. The fourth-order valence-electron chi connectivity index (χ4n) is 2.13. The Labute approximate surface area is 145 Å². The van der Waals surface area contributed by atoms with Crippen molar-refractivity contribution in [3.05, 3.63) is 34.9 Å². The van der Waals surface area contributed by atoms with Crippen molar-refractivity contribution in [1.29, 1.82) is 0 Å². The standard InChI is InChI=1S/C17H25F3N2O3/c1-16(2,3)25-15(24)22-10-12-8-13(17(18,19)20)6-4-11(12)5-7-14(23)9-21/h4,6,8,14,23H,5,7,9-10,21H2,1-3H3,(H,22,24)/t14-/m0/s1. The molecule has 0 aliphatic rings. The number of aliphatic hydroxyl groups is 1. The smallest absolute Gasteiger partial charge is 0.416 e. The van der Waals surface area contributed by atoms with Gasteiger partial charge in [0.1, 0.15) is 5.60 Å². The molecule has 5 nitrogen and oxygen atoms in total. The van der Waals surface area contributed by atoms with Crippen LogP contribution in [0.5, 0.6) is 0 Å². The van der Waals surface area contributed by atoms with Gasteiger partial charge >= 0.3 is 12.3 Å². The van der Waals surface area contributed by atoms with Crippen LogP contribution < -0.4 is 11.1 Å². The van der Waals surface area contributed by atoms with Gasteiger partial charge in [-0.05, 0) is 56.9 Å². The molecule has 0 aliphatic carbocycles. The van der Waals surface area contributed by atoms with Gasteiger partial charge in [0.15, 0.2) is 0 Å². The molecule has 0 unspecified atom stereocenters. The lowest BCUT2D eigenvalue weighted by Crippen LogP contribution is -2.32. The van der Waals surface area contributed by atoms with E-state index in [-0.39, 0.29) is 13.1 Å². The van der Waals surface area contributed by atoms with Gasteiger partial charge in [0.25, 0.3) is 0 Å². The fraction of sp³-hybridized carbons (Fsp3) is 0.588. The van der Waals surface area contributed by atoms with Gasteiger partial charge in [-0.15, -0.1) is 0 Å². The number of aliphatic hydroxyl groups excluding tert-OH is 1. The number of nitrogens with two attached hydrogens (primary N) is 1. The Morgan fingerprint density at radius 3 is 2.44 bits per heavy atom. The van der Waals surface area contributed by atoms with E-state index in [9.17, 15) is 23.1 Å². The monoisotopic (exact) mass is 362 g/mol. The molecule has 0 aromatic heterocycles. The number of alkyl halides is 3. The Bertz CT molecular complexity index is 583. The predicted octanol–water partition coefficient (Wildman–Crippen LogP) is 2.98. The molecule has 0 aliphatic heterocycles. The number of benzene rings is 1. The number of aryl methyl sites for hydroxylation is 1. The lowest BCUT2D eigenvalue weighted by Gasteiger charge is -2.20. The average Bonchev–Trinajstić information content (AvgIpc) is 2.48. The van der Waals surface area contributed by atoms with E-state index in [1.807, 2.05) is 0 Å². The van der Waals surface area contributed by atoms with Gasteiger partial charge in [0.05, 0.1) is 11.7 Å². The summed E-state index contributed by atoms with van der Waals surface area (Å²) >= 11 is 0. The maximum absolute atomic E-state index is 12.9. The molecule has 8 heteroatoms. The van der Waals surface area contributed by atoms with Gasteiger partial charge in [0, 0.05) is 13.1 Å². The second kappa shape index (κ2) is 8.53. The van der Waals surface area contributed by atoms with Gasteiger partial charge in [0.2, 0.25) is 0 Å². The van der Waals surface area contributed by atoms with Crippen molar-refractivity contribution in [2.45, 2.75) is 58.0 Å². The SMILES string of the molecule is CC(C)(C)OC(=O)NCc1cc(C(F)(F)F)ccc1CC[C@H](O)CN. The van der Waals surface area contributed by atoms with Crippen molar-refractivity contribution in [3.8, 4) is 0 Å². The van der Waals surface area contributed by atoms with E-state index < -0.39 is 29.5 Å². The number of ether oxygens (including phenoxy) is 1. The second-order valence-electron chi connectivity index (χ2n) is 6.76. The minimum atomic E-state index is -4.48. The van der Waals surface area contributed by atoms with Crippen LogP contribution in [0.2, 0.25) is 0 Å². The minimum absolute atomic E-state index is 0.0755. The molecule has 1 atom stereocenters. The van der Waals surface area contributed by atoms with Gasteiger partial charge in [-0.25, -0.2) is 4.79 Å². The van der Waals surface area contributed by atoms with Gasteiger partial charge in [-0.3, -0.25) is 0 Å². The quantitative estimate of drug-likeness (QED) is 0.726. The third-order valence-corrected chi connectivity index (χ3v) is 3.37. The maximum atomic E-state index is 12.9. The summed E-state index contributed by atoms with van der Waals surface area (Å²) < 4.78 is 43.8. The van der Waals surface area contributed by atoms with Crippen molar-refractivity contribution < 1.29 is 27.8 Å². The van der Waals surface area contributed by atoms with Crippen molar-refractivity contribution in [2.24, 2.45) is 5.73 Å². The molecule has 0 saturated heterocycles. The second-order valence-corrected chi connectivity index (χ2v) is 6.76. The lowest BCUT2D eigenvalue weighted by atomic mass is 9.98. The molecule has 142 valence electrons. The van der Waals surface area contributed by atoms with Crippen LogP contribution in [0.1, 0.15) is 43.9 Å². The first-order chi connectivity index (χ1) is 11.4. The maximum Gasteiger partial charge on any atom is 0.416 e. The van der Waals surface area contributed by atoms with Crippen molar-refractivity contribution in [2.75, 3.05) is 6.54 Å². The highest BCUT2D eigenvalue weighted by Gasteiger charge is 2.31. The molecule has 1 aromatic carbocycles. The van der Waals surface area contributed by atoms with Crippen LogP contribution in [-0.2, 0) is 23.9 Å². The normalized spacial score (nSPS) is 13.4. The van der Waals surface area contributed by atoms with E-state index >= 15 is 0 Å². The van der Waals surface area contributed by atoms with Gasteiger partial charge in [-0.1, -0.05) is 6.07 Å². The Morgan fingerprint density at radius 1 is 1.28 bits per heavy atom. The molecular formula is C17H25F3N2O3. The summed E-state index contributed by atoms with van der Waals surface area (Å²) in [7, 11) is 0. The highest BCUT2D eigenvalue weighted by molar-refractivity contribution is 5.67. The Kier molecular flexibility index (Phi) is 7.25. The molecule has 1 aromatic rings. The minimum Gasteiger partial charge on any atom is -0.444 e. The third-order valence-electron chi connectivity index (χ3n) is 3.37. The Hall–Kier alpha value is -1.80. The number of carbonyl (C=O) groups excluding carboxylic acids is 1. The number of nitrogens with one attached hydrogen (secondary N) is 1. The first-order valence-electron chi connectivity index (χ1n) is 7.96. The number of halogens is 3. The molecule has 4 N–H and O–H groups in total. The van der Waals surface area contributed by atoms with Crippen LogP contribution in [0.25, 0.3) is 0 Å². The van der Waals surface area contributed by atoms with Crippen molar-refractivity contribution in [1.82, 2.24) is 5.32 Å². The molecule has 0 spiro atoms. The number of amides is 1. The van der Waals surface area contributed by atoms with E-state index in [1.165, 1.54) is 6.07 Å². The van der Waals surface area contributed by atoms with E-state index in [0.29, 0.717) is 24.0 Å². The highest BCUT2D eigenvalue weighted by atomic mass is 19.4. The van der Waals surface area contributed by atoms with Crippen LogP contribution in [0, 0.1) is 0 Å². The van der Waals surface area contributed by atoms with Crippen LogP contribution in [0.3, 0.4) is 0 Å². The van der Waals surface area contributed by atoms with E-state index in [4.69, 9.17) is 10.5 Å². The predicted molar refractivity (Wildman–Crippen MR) is 87.9 cm³/mol. The van der Waals surface area contributed by atoms with Gasteiger partial charge in [-0.2, -0.15) is 13.2 Å². The summed E-state index contributed by atoms with van der Waals surface area (Å²) in [5.41, 5.74) is 4.77. The van der Waals surface area contributed by atoms with E-state index in [2.05, 4.69) is 5.32 Å². The van der Waals surface area contributed by atoms with E-state index in [0.717, 1.165) is 12.1 Å². The molecule has 0 radical (unpaired) electrons. The first kappa shape index (κ1) is 21.2. The largest absolute Gasteiger partial charge is 0.444 e. The van der Waals surface area contributed by atoms with Gasteiger partial charge < -0.3 is 20.9 Å². The summed E-state index contributed by atoms with van der Waals surface area (Å²) in [6.45, 7) is 5.04. The first-order valence-corrected chi connectivity index (χ1v) is 7.96. The molecule has 0 saturated carbocycles. The van der Waals surface area contributed by atoms with Crippen LogP contribution >= 0.6 is 0 Å². The summed E-state index contributed by atoms with van der Waals surface area (Å²) in [4.78, 5) is 11.7. The molecular weight excluding hydrogens is 337 g/mol. The zero-order valence-electron chi connectivity index (χ0n) is 14.6. The molecule has 1 rings (SSSR count). The highest BCUT2D eigenvalue weighted by Crippen LogP contribution is 2.31. The Morgan fingerprint density at radius 2 is 1.92 bits per heavy atom. The molecule has 1 amide bonds. The summed E-state index contributed by atoms with van der Waals surface area (Å²) in [5.74, 6) is 0. The molecule has 25 heavy (non-hydrogen) atoms. The van der Waals surface area contributed by atoms with Crippen LogP contribution in [-0.4, -0.2) is 29.4 Å². The molecule has 0 bridgehead atoms. The zero-order valence-corrected chi connectivity index (χ0v) is 14.6. The molecule has 0 heterocycles. The topological polar surface area (TPSA) is 84.6 Å². The lowest BCUT2D eigenvalue weighted by molar-refractivity contribution is -0.137. The number of rotatable bonds is 6. The third kappa shape index (κ3) is 7.74.